The summed E-state index contributed by atoms with van der Waals surface area (Å²) < 4.78 is 27.5. The average Bonchev–Trinajstić information content (AvgIpc) is 3.35. The molecule has 2 amide bonds. The van der Waals surface area contributed by atoms with Gasteiger partial charge in [-0.05, 0) is 59.3 Å². The zero-order valence-corrected chi connectivity index (χ0v) is 20.1. The molecule has 3 heterocycles. The number of amides is 2. The summed E-state index contributed by atoms with van der Waals surface area (Å²) in [6, 6.07) is 14.5. The van der Waals surface area contributed by atoms with Gasteiger partial charge in [-0.15, -0.1) is 11.3 Å². The molecular formula is C27H27F2N3O2S. The molecule has 2 aromatic carbocycles. The molecule has 2 aliphatic rings. The first kappa shape index (κ1) is 23.6. The lowest BCUT2D eigenvalue weighted by molar-refractivity contribution is -0.133. The number of hydrogen-bond acceptors (Lipinski definition) is 4. The minimum atomic E-state index is -0.437. The van der Waals surface area contributed by atoms with Crippen LogP contribution in [0.2, 0.25) is 0 Å². The fourth-order valence-corrected chi connectivity index (χ4v) is 5.94. The minimum Gasteiger partial charge on any atom is -0.339 e. The van der Waals surface area contributed by atoms with Gasteiger partial charge in [-0.1, -0.05) is 18.2 Å². The Bertz CT molecular complexity index is 1220. The standard InChI is InChI=1S/C27H27F2N3O2S/c28-21-5-1-3-19(17-21)26-23-9-16-35-24(23)7-10-31(26)11-8-25(33)30-12-14-32(15-13-30)27(34)20-4-2-6-22(29)18-20/h1-6,9,16-18,26H,7-8,10-15H2. The van der Waals surface area contributed by atoms with Crippen LogP contribution in [-0.2, 0) is 11.2 Å². The van der Waals surface area contributed by atoms with Gasteiger partial charge in [-0.2, -0.15) is 0 Å². The van der Waals surface area contributed by atoms with Gasteiger partial charge in [0.05, 0.1) is 6.04 Å². The summed E-state index contributed by atoms with van der Waals surface area (Å²) in [5, 5.41) is 2.08. The molecule has 5 rings (SSSR count). The molecule has 3 aromatic rings. The number of thiophene rings is 1. The van der Waals surface area contributed by atoms with Gasteiger partial charge >= 0.3 is 0 Å². The van der Waals surface area contributed by atoms with Crippen LogP contribution in [0.15, 0.2) is 60.0 Å². The number of hydrogen-bond donors (Lipinski definition) is 0. The maximum atomic E-state index is 14.0. The zero-order chi connectivity index (χ0) is 24.4. The fourth-order valence-electron chi connectivity index (χ4n) is 5.04. The molecule has 0 saturated carbocycles. The smallest absolute Gasteiger partial charge is 0.254 e. The van der Waals surface area contributed by atoms with E-state index in [-0.39, 0.29) is 23.7 Å². The number of rotatable bonds is 5. The van der Waals surface area contributed by atoms with Crippen molar-refractivity contribution in [1.29, 1.82) is 0 Å². The van der Waals surface area contributed by atoms with Crippen molar-refractivity contribution in [2.24, 2.45) is 0 Å². The lowest BCUT2D eigenvalue weighted by atomic mass is 9.93. The Balaban J connectivity index is 1.20. The largest absolute Gasteiger partial charge is 0.339 e. The molecule has 8 heteroatoms. The number of carbonyl (C=O) groups is 2. The molecular weight excluding hydrogens is 468 g/mol. The Kier molecular flexibility index (Phi) is 6.92. The van der Waals surface area contributed by atoms with E-state index in [0.29, 0.717) is 44.7 Å². The molecule has 2 aliphatic heterocycles. The van der Waals surface area contributed by atoms with Crippen molar-refractivity contribution in [2.75, 3.05) is 39.3 Å². The second-order valence-electron chi connectivity index (χ2n) is 8.98. The van der Waals surface area contributed by atoms with Crippen molar-refractivity contribution < 1.29 is 18.4 Å². The van der Waals surface area contributed by atoms with E-state index in [4.69, 9.17) is 0 Å². The Morgan fingerprint density at radius 1 is 0.886 bits per heavy atom. The minimum absolute atomic E-state index is 0.0527. The van der Waals surface area contributed by atoms with Gasteiger partial charge in [0.25, 0.3) is 5.91 Å². The summed E-state index contributed by atoms with van der Waals surface area (Å²) in [7, 11) is 0. The SMILES string of the molecule is O=C(CCN1CCc2sccc2C1c1cccc(F)c1)N1CCN(C(=O)c2cccc(F)c2)CC1. The number of piperazine rings is 1. The van der Waals surface area contributed by atoms with E-state index in [9.17, 15) is 18.4 Å². The van der Waals surface area contributed by atoms with E-state index in [1.165, 1.54) is 34.7 Å². The second kappa shape index (κ2) is 10.3. The molecule has 1 aromatic heterocycles. The van der Waals surface area contributed by atoms with Crippen molar-refractivity contribution in [1.82, 2.24) is 14.7 Å². The molecule has 1 saturated heterocycles. The number of benzene rings is 2. The molecule has 0 bridgehead atoms. The summed E-state index contributed by atoms with van der Waals surface area (Å²) in [4.78, 5) is 32.7. The van der Waals surface area contributed by atoms with Gasteiger partial charge in [0.15, 0.2) is 0 Å². The van der Waals surface area contributed by atoms with Gasteiger partial charge < -0.3 is 9.80 Å². The van der Waals surface area contributed by atoms with Gasteiger partial charge in [-0.3, -0.25) is 14.5 Å². The highest BCUT2D eigenvalue weighted by molar-refractivity contribution is 7.10. The number of halogens is 2. The first-order chi connectivity index (χ1) is 17.0. The van der Waals surface area contributed by atoms with Crippen LogP contribution >= 0.6 is 11.3 Å². The third-order valence-electron chi connectivity index (χ3n) is 6.83. The normalized spacial score (nSPS) is 18.4. The molecule has 182 valence electrons. The second-order valence-corrected chi connectivity index (χ2v) is 9.98. The summed E-state index contributed by atoms with van der Waals surface area (Å²) in [5.41, 5.74) is 2.43. The maximum absolute atomic E-state index is 14.0. The van der Waals surface area contributed by atoms with Crippen LogP contribution in [-0.4, -0.2) is 65.8 Å². The summed E-state index contributed by atoms with van der Waals surface area (Å²) >= 11 is 1.73. The van der Waals surface area contributed by atoms with Crippen LogP contribution in [0, 0.1) is 11.6 Å². The van der Waals surface area contributed by atoms with E-state index < -0.39 is 5.82 Å². The molecule has 0 N–H and O–H groups in total. The number of carbonyl (C=O) groups excluding carboxylic acids is 2. The van der Waals surface area contributed by atoms with E-state index in [1.54, 1.807) is 39.3 Å². The van der Waals surface area contributed by atoms with Crippen molar-refractivity contribution in [3.63, 3.8) is 0 Å². The van der Waals surface area contributed by atoms with E-state index >= 15 is 0 Å². The third kappa shape index (κ3) is 5.13. The molecule has 0 aliphatic carbocycles. The molecule has 1 fully saturated rings. The molecule has 1 unspecified atom stereocenters. The van der Waals surface area contributed by atoms with Crippen molar-refractivity contribution in [3.05, 3.63) is 93.2 Å². The summed E-state index contributed by atoms with van der Waals surface area (Å²) in [6.07, 6.45) is 1.29. The topological polar surface area (TPSA) is 43.9 Å². The Labute approximate surface area is 207 Å². The first-order valence-corrected chi connectivity index (χ1v) is 12.8. The first-order valence-electron chi connectivity index (χ1n) is 11.9. The Hall–Kier alpha value is -3.10. The monoisotopic (exact) mass is 495 g/mol. The predicted molar refractivity (Wildman–Crippen MR) is 131 cm³/mol. The van der Waals surface area contributed by atoms with Crippen LogP contribution < -0.4 is 0 Å². The highest BCUT2D eigenvalue weighted by Gasteiger charge is 2.31. The average molecular weight is 496 g/mol. The van der Waals surface area contributed by atoms with Gasteiger partial charge in [0.1, 0.15) is 11.6 Å². The van der Waals surface area contributed by atoms with E-state index in [1.807, 2.05) is 6.07 Å². The van der Waals surface area contributed by atoms with Crippen LogP contribution in [0.3, 0.4) is 0 Å². The lowest BCUT2D eigenvalue weighted by Gasteiger charge is -2.38. The highest BCUT2D eigenvalue weighted by atomic mass is 32.1. The van der Waals surface area contributed by atoms with Gasteiger partial charge in [-0.25, -0.2) is 8.78 Å². The quantitative estimate of drug-likeness (QED) is 0.529. The molecule has 0 spiro atoms. The summed E-state index contributed by atoms with van der Waals surface area (Å²) in [5.74, 6) is -0.855. The van der Waals surface area contributed by atoms with Crippen LogP contribution in [0.1, 0.15) is 38.8 Å². The van der Waals surface area contributed by atoms with Crippen LogP contribution in [0.5, 0.6) is 0 Å². The highest BCUT2D eigenvalue weighted by Crippen LogP contribution is 2.38. The predicted octanol–water partition coefficient (Wildman–Crippen LogP) is 4.35. The molecule has 5 nitrogen and oxygen atoms in total. The molecule has 35 heavy (non-hydrogen) atoms. The van der Waals surface area contributed by atoms with Crippen LogP contribution in [0.4, 0.5) is 8.78 Å². The maximum Gasteiger partial charge on any atom is 0.254 e. The number of fused-ring (bicyclic) bond motifs is 1. The molecule has 0 radical (unpaired) electrons. The van der Waals surface area contributed by atoms with Crippen molar-refractivity contribution >= 4 is 23.2 Å². The van der Waals surface area contributed by atoms with E-state index in [0.717, 1.165) is 18.5 Å². The van der Waals surface area contributed by atoms with Gasteiger partial charge in [0.2, 0.25) is 5.91 Å². The van der Waals surface area contributed by atoms with Crippen molar-refractivity contribution in [2.45, 2.75) is 18.9 Å². The third-order valence-corrected chi connectivity index (χ3v) is 7.83. The fraction of sp³-hybridized carbons (Fsp3) is 0.333. The van der Waals surface area contributed by atoms with E-state index in [2.05, 4.69) is 16.3 Å². The molecule has 1 atom stereocenters. The van der Waals surface area contributed by atoms with Crippen LogP contribution in [0.25, 0.3) is 0 Å². The number of nitrogens with zero attached hydrogens (tertiary/aromatic N) is 3. The Morgan fingerprint density at radius 2 is 1.60 bits per heavy atom. The zero-order valence-electron chi connectivity index (χ0n) is 19.3. The summed E-state index contributed by atoms with van der Waals surface area (Å²) in [6.45, 7) is 3.17. The Morgan fingerprint density at radius 3 is 2.34 bits per heavy atom. The van der Waals surface area contributed by atoms with Gasteiger partial charge in [0, 0.05) is 56.1 Å². The lowest BCUT2D eigenvalue weighted by Crippen LogP contribution is -2.51. The van der Waals surface area contributed by atoms with Crippen molar-refractivity contribution in [3.8, 4) is 0 Å².